The first-order valence-corrected chi connectivity index (χ1v) is 7.79. The molecular weight excluding hydrogens is 311 g/mol. The van der Waals surface area contributed by atoms with Crippen LogP contribution in [0.15, 0.2) is 30.5 Å². The molecule has 3 aromatic heterocycles. The smallest absolute Gasteiger partial charge is 0.181 e. The summed E-state index contributed by atoms with van der Waals surface area (Å²) in [5.41, 5.74) is 6.98. The maximum absolute atomic E-state index is 14.4. The Balaban J connectivity index is 0.00000182. The molecule has 3 N–H and O–H groups in total. The number of aromatic amines is 1. The second-order valence-electron chi connectivity index (χ2n) is 5.65. The number of ether oxygens (including phenoxy) is 1. The van der Waals surface area contributed by atoms with Gasteiger partial charge in [0, 0.05) is 32.6 Å². The highest BCUT2D eigenvalue weighted by Crippen LogP contribution is 2.28. The number of morpholine rings is 1. The molecule has 0 amide bonds. The van der Waals surface area contributed by atoms with E-state index in [0.29, 0.717) is 43.4 Å². The van der Waals surface area contributed by atoms with Gasteiger partial charge in [-0.3, -0.25) is 5.10 Å². The number of H-pyrrole nitrogens is 1. The average molecular weight is 330 g/mol. The van der Waals surface area contributed by atoms with E-state index in [9.17, 15) is 4.39 Å². The maximum atomic E-state index is 14.4. The van der Waals surface area contributed by atoms with Gasteiger partial charge in [0.05, 0.1) is 18.4 Å². The van der Waals surface area contributed by atoms with Crippen molar-refractivity contribution in [3.05, 3.63) is 36.3 Å². The Hall–Kier alpha value is -2.58. The molecule has 0 saturated carbocycles. The van der Waals surface area contributed by atoms with Crippen LogP contribution in [0.2, 0.25) is 0 Å². The Morgan fingerprint density at radius 3 is 3.21 bits per heavy atom. The van der Waals surface area contributed by atoms with Crippen molar-refractivity contribution < 1.29 is 10.6 Å². The lowest BCUT2D eigenvalue weighted by atomic mass is 10.2. The van der Waals surface area contributed by atoms with Gasteiger partial charge in [-0.25, -0.2) is 14.4 Å². The number of nitrogens with two attached hydrogens (primary N) is 1. The molecule has 4 rings (SSSR count). The third kappa shape index (κ3) is 2.59. The number of halogens is 1. The summed E-state index contributed by atoms with van der Waals surface area (Å²) in [5, 5.41) is 7.69. The Kier molecular flexibility index (Phi) is 3.83. The summed E-state index contributed by atoms with van der Waals surface area (Å²) in [5.74, 6) is 0.288. The predicted octanol–water partition coefficient (Wildman–Crippen LogP) is 1.57. The molecule has 0 aliphatic carbocycles. The van der Waals surface area contributed by atoms with E-state index in [0.717, 1.165) is 5.39 Å². The van der Waals surface area contributed by atoms with Gasteiger partial charge in [0.1, 0.15) is 11.5 Å². The van der Waals surface area contributed by atoms with E-state index in [1.54, 1.807) is 18.3 Å². The lowest BCUT2D eigenvalue weighted by Crippen LogP contribution is -2.46. The Morgan fingerprint density at radius 2 is 2.33 bits per heavy atom. The monoisotopic (exact) mass is 330 g/mol. The summed E-state index contributed by atoms with van der Waals surface area (Å²) >= 11 is 0. The Labute approximate surface area is 139 Å². The van der Waals surface area contributed by atoms with Gasteiger partial charge < -0.3 is 15.4 Å². The number of fused-ring (bicyclic) bond motifs is 1. The van der Waals surface area contributed by atoms with Crippen molar-refractivity contribution >= 4 is 16.9 Å². The third-order valence-electron chi connectivity index (χ3n) is 4.12. The number of anilines is 1. The number of nitrogens with one attached hydrogen (secondary N) is 1. The van der Waals surface area contributed by atoms with E-state index in [1.807, 2.05) is 6.07 Å². The molecule has 0 bridgehead atoms. The van der Waals surface area contributed by atoms with E-state index in [1.165, 1.54) is 6.07 Å². The van der Waals surface area contributed by atoms with Crippen LogP contribution >= 0.6 is 0 Å². The number of rotatable bonds is 3. The van der Waals surface area contributed by atoms with Crippen molar-refractivity contribution in [3.8, 4) is 11.4 Å². The SMILES string of the molecule is NCC1CN(c2ccc(F)c(-c3[nH]nc4ncccc34)n2)CCO1.[HH]. The summed E-state index contributed by atoms with van der Waals surface area (Å²) in [6.07, 6.45) is 1.61. The highest BCUT2D eigenvalue weighted by Gasteiger charge is 2.22. The van der Waals surface area contributed by atoms with Crippen LogP contribution < -0.4 is 10.6 Å². The van der Waals surface area contributed by atoms with Gasteiger partial charge in [0.2, 0.25) is 0 Å². The molecule has 1 fully saturated rings. The molecule has 4 heterocycles. The summed E-state index contributed by atoms with van der Waals surface area (Å²) in [4.78, 5) is 10.7. The molecule has 0 radical (unpaired) electrons. The van der Waals surface area contributed by atoms with Gasteiger partial charge in [-0.1, -0.05) is 0 Å². The predicted molar refractivity (Wildman–Crippen MR) is 90.2 cm³/mol. The minimum atomic E-state index is -0.406. The minimum absolute atomic E-state index is 0. The highest BCUT2D eigenvalue weighted by atomic mass is 19.1. The standard InChI is InChI=1S/C16H17FN6O.H2/c17-12-3-4-13(23-6-7-24-10(8-18)9-23)20-15(12)14-11-2-1-5-19-16(11)22-21-14;/h1-5,10H,6-9,18H2,(H,19,21,22);1H. The second-order valence-corrected chi connectivity index (χ2v) is 5.65. The second kappa shape index (κ2) is 6.14. The van der Waals surface area contributed by atoms with Gasteiger partial charge in [0.25, 0.3) is 0 Å². The van der Waals surface area contributed by atoms with E-state index in [-0.39, 0.29) is 13.2 Å². The maximum Gasteiger partial charge on any atom is 0.181 e. The number of aromatic nitrogens is 4. The van der Waals surface area contributed by atoms with Gasteiger partial charge in [-0.05, 0) is 24.3 Å². The van der Waals surface area contributed by atoms with E-state index in [4.69, 9.17) is 10.5 Å². The third-order valence-corrected chi connectivity index (χ3v) is 4.12. The molecule has 1 unspecified atom stereocenters. The van der Waals surface area contributed by atoms with E-state index < -0.39 is 5.82 Å². The van der Waals surface area contributed by atoms with Crippen molar-refractivity contribution in [1.29, 1.82) is 0 Å². The van der Waals surface area contributed by atoms with Crippen LogP contribution in [0.1, 0.15) is 1.43 Å². The van der Waals surface area contributed by atoms with Gasteiger partial charge >= 0.3 is 0 Å². The van der Waals surface area contributed by atoms with Gasteiger partial charge in [-0.2, -0.15) is 5.10 Å². The number of hydrogen-bond donors (Lipinski definition) is 2. The number of pyridine rings is 2. The normalized spacial score (nSPS) is 18.2. The Morgan fingerprint density at radius 1 is 1.42 bits per heavy atom. The largest absolute Gasteiger partial charge is 0.373 e. The average Bonchev–Trinajstić information content (AvgIpc) is 3.06. The summed E-state index contributed by atoms with van der Waals surface area (Å²) in [7, 11) is 0. The Bertz CT molecular complexity index is 873. The summed E-state index contributed by atoms with van der Waals surface area (Å²) < 4.78 is 19.9. The molecular formula is C16H19FN6O. The summed E-state index contributed by atoms with van der Waals surface area (Å²) in [6.45, 7) is 2.36. The highest BCUT2D eigenvalue weighted by molar-refractivity contribution is 5.89. The van der Waals surface area contributed by atoms with Crippen LogP contribution in [0.5, 0.6) is 0 Å². The van der Waals surface area contributed by atoms with Crippen LogP contribution in [-0.2, 0) is 4.74 Å². The van der Waals surface area contributed by atoms with Crippen LogP contribution in [0.25, 0.3) is 22.4 Å². The molecule has 0 aromatic carbocycles. The van der Waals surface area contributed by atoms with E-state index in [2.05, 4.69) is 25.1 Å². The zero-order chi connectivity index (χ0) is 16.5. The quantitative estimate of drug-likeness (QED) is 0.757. The molecule has 1 atom stereocenters. The van der Waals surface area contributed by atoms with Crippen molar-refractivity contribution in [2.45, 2.75) is 6.10 Å². The summed E-state index contributed by atoms with van der Waals surface area (Å²) in [6, 6.07) is 6.73. The van der Waals surface area contributed by atoms with Crippen molar-refractivity contribution in [2.24, 2.45) is 5.73 Å². The van der Waals surface area contributed by atoms with Crippen molar-refractivity contribution in [3.63, 3.8) is 0 Å². The molecule has 126 valence electrons. The fraction of sp³-hybridized carbons (Fsp3) is 0.312. The lowest BCUT2D eigenvalue weighted by Gasteiger charge is -2.33. The zero-order valence-electron chi connectivity index (χ0n) is 12.9. The molecule has 24 heavy (non-hydrogen) atoms. The fourth-order valence-electron chi connectivity index (χ4n) is 2.88. The molecule has 8 heteroatoms. The first-order valence-electron chi connectivity index (χ1n) is 7.79. The molecule has 7 nitrogen and oxygen atoms in total. The topological polar surface area (TPSA) is 93.0 Å². The van der Waals surface area contributed by atoms with Crippen LogP contribution in [0, 0.1) is 5.82 Å². The molecule has 1 saturated heterocycles. The number of nitrogens with zero attached hydrogens (tertiary/aromatic N) is 4. The first-order chi connectivity index (χ1) is 11.8. The number of hydrogen-bond acceptors (Lipinski definition) is 6. The molecule has 3 aromatic rings. The zero-order valence-corrected chi connectivity index (χ0v) is 12.9. The first kappa shape index (κ1) is 15.0. The lowest BCUT2D eigenvalue weighted by molar-refractivity contribution is 0.0463. The minimum Gasteiger partial charge on any atom is -0.373 e. The molecule has 1 aliphatic rings. The van der Waals surface area contributed by atoms with Crippen molar-refractivity contribution in [2.75, 3.05) is 31.1 Å². The van der Waals surface area contributed by atoms with Gasteiger partial charge in [0.15, 0.2) is 11.5 Å². The van der Waals surface area contributed by atoms with Crippen molar-refractivity contribution in [1.82, 2.24) is 20.2 Å². The molecule has 0 spiro atoms. The van der Waals surface area contributed by atoms with Crippen LogP contribution in [-0.4, -0.2) is 52.5 Å². The fourth-order valence-corrected chi connectivity index (χ4v) is 2.88. The molecule has 1 aliphatic heterocycles. The van der Waals surface area contributed by atoms with Crippen LogP contribution in [0.3, 0.4) is 0 Å². The van der Waals surface area contributed by atoms with E-state index >= 15 is 0 Å². The van der Waals surface area contributed by atoms with Crippen LogP contribution in [0.4, 0.5) is 10.2 Å². The van der Waals surface area contributed by atoms with Gasteiger partial charge in [-0.15, -0.1) is 0 Å².